The van der Waals surface area contributed by atoms with Gasteiger partial charge in [-0.2, -0.15) is 0 Å². The first kappa shape index (κ1) is 13.7. The minimum atomic E-state index is -0.176. The zero-order valence-electron chi connectivity index (χ0n) is 7.57. The van der Waals surface area contributed by atoms with E-state index in [4.69, 9.17) is 5.73 Å². The molecule has 68 valence electrons. The zero-order chi connectivity index (χ0) is 8.31. The van der Waals surface area contributed by atoms with Crippen LogP contribution in [-0.4, -0.2) is 5.91 Å². The van der Waals surface area contributed by atoms with Gasteiger partial charge in [-0.05, 0) is 11.8 Å². The van der Waals surface area contributed by atoms with Crippen molar-refractivity contribution in [2.24, 2.45) is 23.5 Å². The number of rotatable bonds is 3. The van der Waals surface area contributed by atoms with E-state index in [0.29, 0.717) is 11.8 Å². The van der Waals surface area contributed by atoms with Gasteiger partial charge in [-0.3, -0.25) is 4.79 Å². The molecule has 0 radical (unpaired) electrons. The summed E-state index contributed by atoms with van der Waals surface area (Å²) in [4.78, 5) is 10.8. The van der Waals surface area contributed by atoms with Gasteiger partial charge in [-0.25, -0.2) is 0 Å². The number of hydrogen-bond donors (Lipinski definition) is 1. The van der Waals surface area contributed by atoms with Crippen molar-refractivity contribution in [3.8, 4) is 0 Å². The Morgan fingerprint density at radius 3 is 1.36 bits per heavy atom. The molecule has 3 heteroatoms. The van der Waals surface area contributed by atoms with E-state index in [-0.39, 0.29) is 31.3 Å². The van der Waals surface area contributed by atoms with Crippen molar-refractivity contribution in [2.75, 3.05) is 0 Å². The molecular formula is C8H17NORu. The van der Waals surface area contributed by atoms with Crippen molar-refractivity contribution >= 4 is 5.91 Å². The van der Waals surface area contributed by atoms with Gasteiger partial charge in [-0.15, -0.1) is 0 Å². The van der Waals surface area contributed by atoms with Crippen LogP contribution < -0.4 is 5.73 Å². The minimum absolute atomic E-state index is 0. The van der Waals surface area contributed by atoms with Crippen molar-refractivity contribution in [3.05, 3.63) is 0 Å². The molecule has 0 aliphatic heterocycles. The molecule has 0 aliphatic rings. The molecule has 0 saturated heterocycles. The normalized spacial score (nSPS) is 10.5. The summed E-state index contributed by atoms with van der Waals surface area (Å²) in [5.41, 5.74) is 5.20. The van der Waals surface area contributed by atoms with Crippen LogP contribution in [0.4, 0.5) is 0 Å². The average Bonchev–Trinajstić information content (AvgIpc) is 1.59. The summed E-state index contributed by atoms with van der Waals surface area (Å²) >= 11 is 0. The number of amides is 1. The van der Waals surface area contributed by atoms with Crippen molar-refractivity contribution < 1.29 is 24.3 Å². The van der Waals surface area contributed by atoms with E-state index in [0.717, 1.165) is 0 Å². The topological polar surface area (TPSA) is 43.1 Å². The van der Waals surface area contributed by atoms with E-state index in [1.54, 1.807) is 0 Å². The van der Waals surface area contributed by atoms with Gasteiger partial charge < -0.3 is 5.73 Å². The Morgan fingerprint density at radius 1 is 1.09 bits per heavy atom. The predicted molar refractivity (Wildman–Crippen MR) is 42.4 cm³/mol. The Balaban J connectivity index is 0. The predicted octanol–water partition coefficient (Wildman–Crippen LogP) is 1.40. The minimum Gasteiger partial charge on any atom is -0.369 e. The molecular weight excluding hydrogens is 227 g/mol. The summed E-state index contributed by atoms with van der Waals surface area (Å²) in [5.74, 6) is 0.569. The van der Waals surface area contributed by atoms with E-state index in [1.165, 1.54) is 0 Å². The van der Waals surface area contributed by atoms with Gasteiger partial charge in [0.2, 0.25) is 5.91 Å². The fourth-order valence-corrected chi connectivity index (χ4v) is 1.43. The van der Waals surface area contributed by atoms with Crippen LogP contribution in [0.3, 0.4) is 0 Å². The van der Waals surface area contributed by atoms with Crippen LogP contribution >= 0.6 is 0 Å². The largest absolute Gasteiger partial charge is 0.369 e. The van der Waals surface area contributed by atoms with Gasteiger partial charge in [0.25, 0.3) is 0 Å². The molecule has 2 N–H and O–H groups in total. The second-order valence-electron chi connectivity index (χ2n) is 3.42. The zero-order valence-corrected chi connectivity index (χ0v) is 9.31. The van der Waals surface area contributed by atoms with Gasteiger partial charge in [0.15, 0.2) is 0 Å². The van der Waals surface area contributed by atoms with Crippen LogP contribution in [0.2, 0.25) is 0 Å². The van der Waals surface area contributed by atoms with Gasteiger partial charge in [0, 0.05) is 25.4 Å². The molecule has 2 nitrogen and oxygen atoms in total. The van der Waals surface area contributed by atoms with E-state index in [1.807, 2.05) is 27.7 Å². The quantitative estimate of drug-likeness (QED) is 0.749. The monoisotopic (exact) mass is 245 g/mol. The van der Waals surface area contributed by atoms with Crippen LogP contribution in [0, 0.1) is 17.8 Å². The molecule has 0 unspecified atom stereocenters. The van der Waals surface area contributed by atoms with Crippen molar-refractivity contribution in [2.45, 2.75) is 27.7 Å². The summed E-state index contributed by atoms with van der Waals surface area (Å²) in [6, 6.07) is 0. The average molecular weight is 244 g/mol. The molecule has 0 rings (SSSR count). The molecule has 0 aromatic carbocycles. The number of carbonyl (C=O) groups is 1. The summed E-state index contributed by atoms with van der Waals surface area (Å²) < 4.78 is 0. The third kappa shape index (κ3) is 4.52. The molecule has 0 fully saturated rings. The maximum atomic E-state index is 10.8. The maximum absolute atomic E-state index is 10.8. The molecule has 0 spiro atoms. The summed E-state index contributed by atoms with van der Waals surface area (Å²) in [5, 5.41) is 0. The standard InChI is InChI=1S/C8H17NO.Ru/c1-5(2)7(6(3)4)8(9)10;/h5-7H,1-4H3,(H2,9,10);. The van der Waals surface area contributed by atoms with Gasteiger partial charge in [0.05, 0.1) is 0 Å². The van der Waals surface area contributed by atoms with Crippen LogP contribution in [0.25, 0.3) is 0 Å². The van der Waals surface area contributed by atoms with Crippen molar-refractivity contribution in [1.29, 1.82) is 0 Å². The summed E-state index contributed by atoms with van der Waals surface area (Å²) in [6.45, 7) is 8.09. The number of nitrogens with two attached hydrogens (primary N) is 1. The van der Waals surface area contributed by atoms with Gasteiger partial charge in [-0.1, -0.05) is 27.7 Å². The van der Waals surface area contributed by atoms with Crippen LogP contribution in [-0.2, 0) is 24.3 Å². The van der Waals surface area contributed by atoms with Crippen molar-refractivity contribution in [3.63, 3.8) is 0 Å². The third-order valence-corrected chi connectivity index (χ3v) is 1.76. The first-order valence-corrected chi connectivity index (χ1v) is 3.76. The van der Waals surface area contributed by atoms with Crippen molar-refractivity contribution in [1.82, 2.24) is 0 Å². The molecule has 0 aromatic heterocycles. The summed E-state index contributed by atoms with van der Waals surface area (Å²) in [6.07, 6.45) is 0. The molecule has 0 saturated carbocycles. The fourth-order valence-electron chi connectivity index (χ4n) is 1.43. The SMILES string of the molecule is CC(C)C(C(N)=O)C(C)C.[Ru]. The van der Waals surface area contributed by atoms with Gasteiger partial charge in [0.1, 0.15) is 0 Å². The van der Waals surface area contributed by atoms with Crippen LogP contribution in [0.1, 0.15) is 27.7 Å². The summed E-state index contributed by atoms with van der Waals surface area (Å²) in [7, 11) is 0. The Bertz CT molecular complexity index is 115. The molecule has 0 atom stereocenters. The van der Waals surface area contributed by atoms with Gasteiger partial charge >= 0.3 is 0 Å². The Labute approximate surface area is 81.7 Å². The molecule has 1 amide bonds. The Hall–Kier alpha value is 0.0934. The van der Waals surface area contributed by atoms with E-state index >= 15 is 0 Å². The smallest absolute Gasteiger partial charge is 0.221 e. The molecule has 0 heterocycles. The molecule has 0 aliphatic carbocycles. The number of carbonyl (C=O) groups excluding carboxylic acids is 1. The fraction of sp³-hybridized carbons (Fsp3) is 0.875. The second kappa shape index (κ2) is 5.71. The van der Waals surface area contributed by atoms with E-state index in [9.17, 15) is 4.79 Å². The Kier molecular flexibility index (Phi) is 7.09. The van der Waals surface area contributed by atoms with E-state index < -0.39 is 0 Å². The molecule has 0 aromatic rings. The first-order valence-electron chi connectivity index (χ1n) is 3.76. The number of hydrogen-bond acceptors (Lipinski definition) is 1. The third-order valence-electron chi connectivity index (χ3n) is 1.76. The first-order chi connectivity index (χ1) is 4.46. The number of primary amides is 1. The molecule has 0 bridgehead atoms. The van der Waals surface area contributed by atoms with Crippen LogP contribution in [0.15, 0.2) is 0 Å². The van der Waals surface area contributed by atoms with E-state index in [2.05, 4.69) is 0 Å². The maximum Gasteiger partial charge on any atom is 0.221 e. The molecule has 11 heavy (non-hydrogen) atoms. The second-order valence-corrected chi connectivity index (χ2v) is 3.42. The van der Waals surface area contributed by atoms with Crippen LogP contribution in [0.5, 0.6) is 0 Å². The Morgan fingerprint density at radius 2 is 1.36 bits per heavy atom.